The maximum Gasteiger partial charge on any atom is 0.225 e. The molecule has 4 nitrogen and oxygen atoms in total. The van der Waals surface area contributed by atoms with E-state index in [4.69, 9.17) is 0 Å². The molecule has 0 atom stereocenters. The number of benzene rings is 1. The van der Waals surface area contributed by atoms with Gasteiger partial charge in [0.2, 0.25) is 5.91 Å². The molecule has 1 aliphatic rings. The quantitative estimate of drug-likeness (QED) is 0.793. The van der Waals surface area contributed by atoms with Crippen molar-refractivity contribution in [3.63, 3.8) is 0 Å². The van der Waals surface area contributed by atoms with Crippen molar-refractivity contribution in [1.29, 1.82) is 0 Å². The van der Waals surface area contributed by atoms with Gasteiger partial charge in [-0.05, 0) is 31.2 Å². The average Bonchev–Trinajstić information content (AvgIpc) is 2.46. The zero-order valence-corrected chi connectivity index (χ0v) is 12.4. The van der Waals surface area contributed by atoms with Gasteiger partial charge in [0.15, 0.2) is 5.78 Å². The molecule has 20 heavy (non-hydrogen) atoms. The van der Waals surface area contributed by atoms with Gasteiger partial charge in [0.1, 0.15) is 0 Å². The maximum absolute atomic E-state index is 11.9. The molecule has 0 aliphatic carbocycles. The van der Waals surface area contributed by atoms with Crippen molar-refractivity contribution in [2.45, 2.75) is 20.8 Å². The molecule has 1 amide bonds. The highest BCUT2D eigenvalue weighted by Gasteiger charge is 2.22. The monoisotopic (exact) mass is 274 g/mol. The van der Waals surface area contributed by atoms with Crippen molar-refractivity contribution in [2.75, 3.05) is 31.1 Å². The number of piperazine rings is 1. The van der Waals surface area contributed by atoms with Crippen LogP contribution in [0.2, 0.25) is 0 Å². The predicted molar refractivity (Wildman–Crippen MR) is 80.1 cm³/mol. The number of hydrogen-bond donors (Lipinski definition) is 0. The van der Waals surface area contributed by atoms with E-state index in [-0.39, 0.29) is 17.6 Å². The maximum atomic E-state index is 11.9. The third-order valence-electron chi connectivity index (χ3n) is 3.72. The molecule has 1 aromatic carbocycles. The van der Waals surface area contributed by atoms with Gasteiger partial charge in [-0.15, -0.1) is 0 Å². The van der Waals surface area contributed by atoms with Crippen molar-refractivity contribution in [3.8, 4) is 0 Å². The first-order valence-electron chi connectivity index (χ1n) is 7.14. The van der Waals surface area contributed by atoms with Gasteiger partial charge in [0.05, 0.1) is 0 Å². The molecule has 0 unspecified atom stereocenters. The van der Waals surface area contributed by atoms with Gasteiger partial charge in [-0.2, -0.15) is 0 Å². The summed E-state index contributed by atoms with van der Waals surface area (Å²) in [4.78, 5) is 27.4. The number of carbonyl (C=O) groups is 2. The minimum atomic E-state index is 0.0661. The molecule has 0 spiro atoms. The van der Waals surface area contributed by atoms with E-state index in [1.54, 1.807) is 6.92 Å². The van der Waals surface area contributed by atoms with E-state index in [1.165, 1.54) is 0 Å². The van der Waals surface area contributed by atoms with Crippen LogP contribution in [0.15, 0.2) is 24.3 Å². The molecule has 1 aliphatic heterocycles. The van der Waals surface area contributed by atoms with Crippen molar-refractivity contribution in [2.24, 2.45) is 5.92 Å². The van der Waals surface area contributed by atoms with Crippen LogP contribution in [-0.4, -0.2) is 42.8 Å². The second kappa shape index (κ2) is 6.07. The van der Waals surface area contributed by atoms with E-state index in [0.29, 0.717) is 0 Å². The number of anilines is 1. The lowest BCUT2D eigenvalue weighted by Crippen LogP contribution is -2.49. The van der Waals surface area contributed by atoms with Gasteiger partial charge in [-0.25, -0.2) is 0 Å². The van der Waals surface area contributed by atoms with E-state index in [0.717, 1.165) is 37.4 Å². The van der Waals surface area contributed by atoms with Crippen LogP contribution in [0.4, 0.5) is 5.69 Å². The highest BCUT2D eigenvalue weighted by molar-refractivity contribution is 5.94. The summed E-state index contributed by atoms with van der Waals surface area (Å²) >= 11 is 0. The summed E-state index contributed by atoms with van der Waals surface area (Å²) < 4.78 is 0. The fraction of sp³-hybridized carbons (Fsp3) is 0.500. The molecule has 108 valence electrons. The second-order valence-corrected chi connectivity index (χ2v) is 5.57. The van der Waals surface area contributed by atoms with Crippen LogP contribution < -0.4 is 4.90 Å². The minimum absolute atomic E-state index is 0.0661. The molecular weight excluding hydrogens is 252 g/mol. The summed E-state index contributed by atoms with van der Waals surface area (Å²) in [5.74, 6) is 0.386. The Kier molecular flexibility index (Phi) is 4.42. The average molecular weight is 274 g/mol. The van der Waals surface area contributed by atoms with Gasteiger partial charge in [0, 0.05) is 43.3 Å². The zero-order valence-electron chi connectivity index (χ0n) is 12.4. The number of rotatable bonds is 3. The Morgan fingerprint density at radius 1 is 1.00 bits per heavy atom. The summed E-state index contributed by atoms with van der Waals surface area (Å²) in [6, 6.07) is 7.69. The number of nitrogens with zero attached hydrogens (tertiary/aromatic N) is 2. The molecular formula is C16H22N2O2. The van der Waals surface area contributed by atoms with Gasteiger partial charge in [0.25, 0.3) is 0 Å². The third-order valence-corrected chi connectivity index (χ3v) is 3.72. The SMILES string of the molecule is CC(=O)c1ccc(N2CCN(C(=O)C(C)C)CC2)cc1. The number of hydrogen-bond acceptors (Lipinski definition) is 3. The van der Waals surface area contributed by atoms with E-state index < -0.39 is 0 Å². The summed E-state index contributed by atoms with van der Waals surface area (Å²) in [5.41, 5.74) is 1.86. The van der Waals surface area contributed by atoms with Crippen LogP contribution in [0.25, 0.3) is 0 Å². The molecule has 1 saturated heterocycles. The van der Waals surface area contributed by atoms with Crippen molar-refractivity contribution in [1.82, 2.24) is 4.90 Å². The van der Waals surface area contributed by atoms with Crippen molar-refractivity contribution in [3.05, 3.63) is 29.8 Å². The zero-order chi connectivity index (χ0) is 14.7. The Morgan fingerprint density at radius 2 is 1.55 bits per heavy atom. The molecule has 4 heteroatoms. The molecule has 2 rings (SSSR count). The van der Waals surface area contributed by atoms with Gasteiger partial charge < -0.3 is 9.80 Å². The number of ketones is 1. The molecule has 0 saturated carbocycles. The molecule has 0 N–H and O–H groups in total. The van der Waals surface area contributed by atoms with E-state index in [9.17, 15) is 9.59 Å². The van der Waals surface area contributed by atoms with Gasteiger partial charge in [-0.3, -0.25) is 9.59 Å². The second-order valence-electron chi connectivity index (χ2n) is 5.57. The Bertz CT molecular complexity index is 486. The molecule has 0 aromatic heterocycles. The molecule has 0 radical (unpaired) electrons. The van der Waals surface area contributed by atoms with Gasteiger partial charge in [-0.1, -0.05) is 13.8 Å². The lowest BCUT2D eigenvalue weighted by molar-refractivity contribution is -0.134. The predicted octanol–water partition coefficient (Wildman–Crippen LogP) is 2.19. The number of carbonyl (C=O) groups excluding carboxylic acids is 2. The summed E-state index contributed by atoms with van der Waals surface area (Å²) in [6.45, 7) is 8.68. The Balaban J connectivity index is 1.97. The third kappa shape index (κ3) is 3.18. The van der Waals surface area contributed by atoms with Crippen molar-refractivity contribution >= 4 is 17.4 Å². The highest BCUT2D eigenvalue weighted by atomic mass is 16.2. The summed E-state index contributed by atoms with van der Waals surface area (Å²) in [7, 11) is 0. The first-order chi connectivity index (χ1) is 9.49. The minimum Gasteiger partial charge on any atom is -0.368 e. The molecule has 1 fully saturated rings. The fourth-order valence-corrected chi connectivity index (χ4v) is 2.46. The normalized spacial score (nSPS) is 15.6. The van der Waals surface area contributed by atoms with Crippen molar-refractivity contribution < 1.29 is 9.59 Å². The van der Waals surface area contributed by atoms with E-state index >= 15 is 0 Å². The first kappa shape index (κ1) is 14.6. The van der Waals surface area contributed by atoms with Crippen LogP contribution in [0, 0.1) is 5.92 Å². The molecule has 0 bridgehead atoms. The lowest BCUT2D eigenvalue weighted by Gasteiger charge is -2.37. The molecule has 1 aromatic rings. The summed E-state index contributed by atoms with van der Waals surface area (Å²) in [5, 5.41) is 0. The topological polar surface area (TPSA) is 40.6 Å². The fourth-order valence-electron chi connectivity index (χ4n) is 2.46. The highest BCUT2D eigenvalue weighted by Crippen LogP contribution is 2.18. The van der Waals surface area contributed by atoms with Crippen LogP contribution in [0.3, 0.4) is 0 Å². The van der Waals surface area contributed by atoms with E-state index in [1.807, 2.05) is 43.0 Å². The number of Topliss-reactive ketones (excluding diaryl/α,β-unsaturated/α-hetero) is 1. The lowest BCUT2D eigenvalue weighted by atomic mass is 10.1. The van der Waals surface area contributed by atoms with Gasteiger partial charge >= 0.3 is 0 Å². The first-order valence-corrected chi connectivity index (χ1v) is 7.14. The smallest absolute Gasteiger partial charge is 0.225 e. The largest absolute Gasteiger partial charge is 0.368 e. The Morgan fingerprint density at radius 3 is 2.00 bits per heavy atom. The Labute approximate surface area is 120 Å². The van der Waals surface area contributed by atoms with E-state index in [2.05, 4.69) is 4.90 Å². The van der Waals surface area contributed by atoms with Crippen LogP contribution in [0.5, 0.6) is 0 Å². The summed E-state index contributed by atoms with van der Waals surface area (Å²) in [6.07, 6.45) is 0. The van der Waals surface area contributed by atoms with Crippen LogP contribution >= 0.6 is 0 Å². The van der Waals surface area contributed by atoms with Crippen LogP contribution in [0.1, 0.15) is 31.1 Å². The standard InChI is InChI=1S/C16H22N2O2/c1-12(2)16(20)18-10-8-17(9-11-18)15-6-4-14(5-7-15)13(3)19/h4-7,12H,8-11H2,1-3H3. The van der Waals surface area contributed by atoms with Crippen LogP contribution in [-0.2, 0) is 4.79 Å². The number of amides is 1. The molecule has 1 heterocycles. The Hall–Kier alpha value is -1.84.